The van der Waals surface area contributed by atoms with E-state index in [1.807, 2.05) is 16.8 Å². The van der Waals surface area contributed by atoms with Crippen LogP contribution in [0.4, 0.5) is 0 Å². The van der Waals surface area contributed by atoms with E-state index in [0.29, 0.717) is 25.3 Å². The molecule has 2 aliphatic rings. The van der Waals surface area contributed by atoms with Crippen molar-refractivity contribution in [3.05, 3.63) is 22.4 Å². The monoisotopic (exact) mass is 327 g/mol. The van der Waals surface area contributed by atoms with Crippen LogP contribution in [0.1, 0.15) is 38.7 Å². The predicted molar refractivity (Wildman–Crippen MR) is 83.5 cm³/mol. The lowest BCUT2D eigenvalue weighted by Gasteiger charge is -2.36. The smallest absolute Gasteiger partial charge is 0.212 e. The third kappa shape index (κ3) is 2.37. The van der Waals surface area contributed by atoms with Crippen molar-refractivity contribution in [1.82, 2.24) is 4.72 Å². The molecule has 1 aromatic heterocycles. The summed E-state index contributed by atoms with van der Waals surface area (Å²) in [6, 6.07) is 1.90. The number of sulfonamides is 1. The van der Waals surface area contributed by atoms with Gasteiger partial charge in [0, 0.05) is 18.4 Å². The number of nitrogens with one attached hydrogen (secondary N) is 1. The zero-order valence-corrected chi connectivity index (χ0v) is 14.0. The number of fused-ring (bicyclic) bond motifs is 2. The molecular weight excluding hydrogens is 306 g/mol. The molecule has 1 heterocycles. The summed E-state index contributed by atoms with van der Waals surface area (Å²) in [6.07, 6.45) is 2.23. The molecule has 6 heteroatoms. The number of ketones is 1. The van der Waals surface area contributed by atoms with Crippen LogP contribution in [0.3, 0.4) is 0 Å². The Morgan fingerprint density at radius 1 is 1.43 bits per heavy atom. The summed E-state index contributed by atoms with van der Waals surface area (Å²) in [6.45, 7) is 4.42. The molecule has 3 rings (SSSR count). The van der Waals surface area contributed by atoms with Gasteiger partial charge in [0.1, 0.15) is 5.78 Å². The first-order valence-electron chi connectivity index (χ1n) is 7.29. The highest BCUT2D eigenvalue weighted by Crippen LogP contribution is 2.64. The zero-order chi connectivity index (χ0) is 15.3. The van der Waals surface area contributed by atoms with Gasteiger partial charge in [0.25, 0.3) is 0 Å². The van der Waals surface area contributed by atoms with Crippen LogP contribution in [-0.4, -0.2) is 20.0 Å². The first-order valence-corrected chi connectivity index (χ1v) is 9.88. The van der Waals surface area contributed by atoms with Crippen LogP contribution in [-0.2, 0) is 21.4 Å². The minimum absolute atomic E-state index is 0.0630. The van der Waals surface area contributed by atoms with Crippen LogP contribution in [0, 0.1) is 16.7 Å². The standard InChI is InChI=1S/C15H21NO3S2/c1-14(2)12-3-5-15(14,13(17)7-12)10-21(18,19)16-8-11-4-6-20-9-11/h4,6,9,12,16H,3,5,7-8,10H2,1-2H3/t12-,15-/m1/s1. The molecule has 4 nitrogen and oxygen atoms in total. The number of carbonyl (C=O) groups excluding carboxylic acids is 1. The molecule has 21 heavy (non-hydrogen) atoms. The highest BCUT2D eigenvalue weighted by atomic mass is 32.2. The van der Waals surface area contributed by atoms with Crippen molar-refractivity contribution in [2.75, 3.05) is 5.75 Å². The van der Waals surface area contributed by atoms with Gasteiger partial charge < -0.3 is 0 Å². The van der Waals surface area contributed by atoms with Crippen LogP contribution in [0.5, 0.6) is 0 Å². The number of carbonyl (C=O) groups is 1. The SMILES string of the molecule is CC1(C)[C@@H]2CC[C@@]1(CS(=O)(=O)NCc1ccsc1)C(=O)C2. The first-order chi connectivity index (χ1) is 9.77. The van der Waals surface area contributed by atoms with E-state index in [9.17, 15) is 13.2 Å². The summed E-state index contributed by atoms with van der Waals surface area (Å²) in [5, 5.41) is 3.85. The van der Waals surface area contributed by atoms with Gasteiger partial charge in [-0.2, -0.15) is 11.3 Å². The van der Waals surface area contributed by atoms with E-state index < -0.39 is 15.4 Å². The van der Waals surface area contributed by atoms with E-state index >= 15 is 0 Å². The largest absolute Gasteiger partial charge is 0.299 e. The molecule has 2 aliphatic carbocycles. The normalized spacial score (nSPS) is 31.0. The Morgan fingerprint density at radius 3 is 2.71 bits per heavy atom. The molecule has 1 N–H and O–H groups in total. The van der Waals surface area contributed by atoms with Gasteiger partial charge >= 0.3 is 0 Å². The van der Waals surface area contributed by atoms with Crippen molar-refractivity contribution in [3.8, 4) is 0 Å². The minimum Gasteiger partial charge on any atom is -0.299 e. The molecule has 2 bridgehead atoms. The first kappa shape index (κ1) is 15.2. The predicted octanol–water partition coefficient (Wildman–Crippen LogP) is 2.56. The van der Waals surface area contributed by atoms with Gasteiger partial charge in [0.15, 0.2) is 0 Å². The van der Waals surface area contributed by atoms with Crippen LogP contribution in [0.25, 0.3) is 0 Å². The molecule has 0 aliphatic heterocycles. The third-order valence-electron chi connectivity index (χ3n) is 5.65. The Hall–Kier alpha value is -0.720. The summed E-state index contributed by atoms with van der Waals surface area (Å²) in [5.74, 6) is 0.425. The Labute approximate surface area is 130 Å². The molecule has 0 radical (unpaired) electrons. The molecule has 2 atom stereocenters. The molecule has 2 fully saturated rings. The van der Waals surface area contributed by atoms with Gasteiger partial charge in [-0.25, -0.2) is 13.1 Å². The molecule has 0 spiro atoms. The molecule has 0 amide bonds. The maximum atomic E-state index is 12.4. The summed E-state index contributed by atoms with van der Waals surface area (Å²) in [7, 11) is -3.46. The van der Waals surface area contributed by atoms with Crippen molar-refractivity contribution < 1.29 is 13.2 Å². The Kier molecular flexibility index (Phi) is 3.54. The van der Waals surface area contributed by atoms with E-state index in [1.54, 1.807) is 11.3 Å². The van der Waals surface area contributed by atoms with Gasteiger partial charge in [0.2, 0.25) is 10.0 Å². The zero-order valence-electron chi connectivity index (χ0n) is 12.4. The fourth-order valence-corrected chi connectivity index (χ4v) is 6.55. The number of hydrogen-bond acceptors (Lipinski definition) is 4. The lowest BCUT2D eigenvalue weighted by atomic mass is 9.70. The fraction of sp³-hybridized carbons (Fsp3) is 0.667. The van der Waals surface area contributed by atoms with Crippen molar-refractivity contribution in [1.29, 1.82) is 0 Å². The van der Waals surface area contributed by atoms with E-state index in [1.165, 1.54) is 0 Å². The van der Waals surface area contributed by atoms with Gasteiger partial charge in [-0.05, 0) is 46.6 Å². The highest BCUT2D eigenvalue weighted by Gasteiger charge is 2.65. The minimum atomic E-state index is -3.46. The molecule has 0 aromatic carbocycles. The highest BCUT2D eigenvalue weighted by molar-refractivity contribution is 7.89. The lowest BCUT2D eigenvalue weighted by Crippen LogP contribution is -2.45. The third-order valence-corrected chi connectivity index (χ3v) is 7.84. The molecule has 1 aromatic rings. The molecular formula is C15H21NO3S2. The quantitative estimate of drug-likeness (QED) is 0.904. The molecule has 116 valence electrons. The van der Waals surface area contributed by atoms with Crippen molar-refractivity contribution in [2.45, 2.75) is 39.7 Å². The van der Waals surface area contributed by atoms with Gasteiger partial charge in [-0.15, -0.1) is 0 Å². The number of Topliss-reactive ketones (excluding diaryl/α,β-unsaturated/α-hetero) is 1. The van der Waals surface area contributed by atoms with Crippen LogP contribution in [0.2, 0.25) is 0 Å². The Bertz CT molecular complexity index is 648. The maximum absolute atomic E-state index is 12.4. The van der Waals surface area contributed by atoms with Crippen LogP contribution in [0.15, 0.2) is 16.8 Å². The number of rotatable bonds is 5. The topological polar surface area (TPSA) is 63.2 Å². The average molecular weight is 327 g/mol. The van der Waals surface area contributed by atoms with E-state index in [4.69, 9.17) is 0 Å². The summed E-state index contributed by atoms with van der Waals surface area (Å²) in [5.41, 5.74) is 0.0710. The summed E-state index contributed by atoms with van der Waals surface area (Å²) in [4.78, 5) is 12.4. The maximum Gasteiger partial charge on any atom is 0.212 e. The Balaban J connectivity index is 1.77. The van der Waals surface area contributed by atoms with Gasteiger partial charge in [-0.3, -0.25) is 4.79 Å². The van der Waals surface area contributed by atoms with Crippen LogP contribution >= 0.6 is 11.3 Å². The van der Waals surface area contributed by atoms with Crippen molar-refractivity contribution in [3.63, 3.8) is 0 Å². The van der Waals surface area contributed by atoms with E-state index in [-0.39, 0.29) is 17.0 Å². The van der Waals surface area contributed by atoms with Crippen LogP contribution < -0.4 is 4.72 Å². The fourth-order valence-electron chi connectivity index (χ4n) is 4.07. The second kappa shape index (κ2) is 4.89. The van der Waals surface area contributed by atoms with E-state index in [2.05, 4.69) is 18.6 Å². The molecule has 2 saturated carbocycles. The summed E-state index contributed by atoms with van der Waals surface area (Å²) >= 11 is 1.54. The molecule has 0 unspecified atom stereocenters. The average Bonchev–Trinajstić information content (AvgIpc) is 3.02. The second-order valence-electron chi connectivity index (χ2n) is 6.88. The second-order valence-corrected chi connectivity index (χ2v) is 9.47. The van der Waals surface area contributed by atoms with Gasteiger partial charge in [0.05, 0.1) is 5.75 Å². The summed E-state index contributed by atoms with van der Waals surface area (Å²) < 4.78 is 27.5. The Morgan fingerprint density at radius 2 is 2.19 bits per heavy atom. The number of hydrogen-bond donors (Lipinski definition) is 1. The van der Waals surface area contributed by atoms with Crippen molar-refractivity contribution >= 4 is 27.1 Å². The lowest BCUT2D eigenvalue weighted by molar-refractivity contribution is -0.128. The number of thiophene rings is 1. The van der Waals surface area contributed by atoms with E-state index in [0.717, 1.165) is 12.0 Å². The van der Waals surface area contributed by atoms with Gasteiger partial charge in [-0.1, -0.05) is 13.8 Å². The van der Waals surface area contributed by atoms with Crippen molar-refractivity contribution in [2.24, 2.45) is 16.7 Å². The molecule has 0 saturated heterocycles.